The maximum Gasteiger partial charge on any atom is 0.166 e. The van der Waals surface area contributed by atoms with Crippen molar-refractivity contribution in [3.05, 3.63) is 36.0 Å². The lowest BCUT2D eigenvalue weighted by Crippen LogP contribution is -2.10. The van der Waals surface area contributed by atoms with Crippen molar-refractivity contribution >= 4 is 17.2 Å². The van der Waals surface area contributed by atoms with Crippen LogP contribution >= 0.6 is 0 Å². The summed E-state index contributed by atoms with van der Waals surface area (Å²) in [6.07, 6.45) is 1.89. The Bertz CT molecular complexity index is 558. The smallest absolute Gasteiger partial charge is 0.166 e. The van der Waals surface area contributed by atoms with E-state index >= 15 is 0 Å². The normalized spacial score (nSPS) is 24.3. The summed E-state index contributed by atoms with van der Waals surface area (Å²) in [4.78, 5) is 11.2. The number of benzene rings is 1. The van der Waals surface area contributed by atoms with Crippen LogP contribution in [-0.4, -0.2) is 17.5 Å². The molecule has 0 N–H and O–H groups in total. The Morgan fingerprint density at radius 2 is 2.24 bits per heavy atom. The summed E-state index contributed by atoms with van der Waals surface area (Å²) in [5.74, 6) is 0.556. The van der Waals surface area contributed by atoms with Crippen LogP contribution in [0.2, 0.25) is 0 Å². The Hall–Kier alpha value is -1.61. The number of hydrogen-bond donors (Lipinski definition) is 0. The highest BCUT2D eigenvalue weighted by Crippen LogP contribution is 2.32. The molecule has 1 aliphatic heterocycles. The third kappa shape index (κ3) is 1.67. The molecule has 0 radical (unpaired) electrons. The highest BCUT2D eigenvalue weighted by Gasteiger charge is 2.26. The van der Waals surface area contributed by atoms with E-state index in [1.54, 1.807) is 0 Å². The van der Waals surface area contributed by atoms with Crippen LogP contribution in [0.1, 0.15) is 30.1 Å². The van der Waals surface area contributed by atoms with E-state index in [2.05, 4.69) is 6.92 Å². The van der Waals surface area contributed by atoms with Crippen LogP contribution in [-0.2, 0) is 4.74 Å². The van der Waals surface area contributed by atoms with Gasteiger partial charge in [0.15, 0.2) is 6.29 Å². The lowest BCUT2D eigenvalue weighted by Gasteiger charge is -2.15. The SMILES string of the molecule is CC1COC(n2c(C=O)cc3ccccc32)C1. The number of aldehydes is 1. The van der Waals surface area contributed by atoms with Crippen molar-refractivity contribution in [3.63, 3.8) is 0 Å². The zero-order valence-corrected chi connectivity index (χ0v) is 9.80. The standard InChI is InChI=1S/C14H15NO2/c1-10-6-14(17-9-10)15-12(8-16)7-11-4-2-3-5-13(11)15/h2-5,7-8,10,14H,6,9H2,1H3. The first-order chi connectivity index (χ1) is 8.29. The summed E-state index contributed by atoms with van der Waals surface area (Å²) in [6, 6.07) is 9.96. The summed E-state index contributed by atoms with van der Waals surface area (Å²) >= 11 is 0. The predicted molar refractivity (Wildman–Crippen MR) is 66.1 cm³/mol. The molecule has 0 bridgehead atoms. The van der Waals surface area contributed by atoms with E-state index in [9.17, 15) is 4.79 Å². The molecule has 1 saturated heterocycles. The first-order valence-corrected chi connectivity index (χ1v) is 5.96. The van der Waals surface area contributed by atoms with Gasteiger partial charge in [-0.2, -0.15) is 0 Å². The number of carbonyl (C=O) groups excluding carboxylic acids is 1. The average Bonchev–Trinajstić information content (AvgIpc) is 2.91. The Labute approximate surface area is 100.0 Å². The number of fused-ring (bicyclic) bond motifs is 1. The molecule has 17 heavy (non-hydrogen) atoms. The molecule has 1 aliphatic rings. The maximum absolute atomic E-state index is 11.2. The van der Waals surface area contributed by atoms with Gasteiger partial charge in [-0.15, -0.1) is 0 Å². The maximum atomic E-state index is 11.2. The zero-order chi connectivity index (χ0) is 11.8. The molecule has 2 unspecified atom stereocenters. The van der Waals surface area contributed by atoms with Crippen molar-refractivity contribution in [1.29, 1.82) is 0 Å². The van der Waals surface area contributed by atoms with Crippen molar-refractivity contribution in [1.82, 2.24) is 4.57 Å². The minimum absolute atomic E-state index is 0.00472. The summed E-state index contributed by atoms with van der Waals surface area (Å²) in [7, 11) is 0. The van der Waals surface area contributed by atoms with E-state index in [0.717, 1.165) is 30.2 Å². The van der Waals surface area contributed by atoms with Crippen LogP contribution in [0.25, 0.3) is 10.9 Å². The number of rotatable bonds is 2. The Morgan fingerprint density at radius 1 is 1.41 bits per heavy atom. The summed E-state index contributed by atoms with van der Waals surface area (Å²) < 4.78 is 7.78. The fraction of sp³-hybridized carbons (Fsp3) is 0.357. The van der Waals surface area contributed by atoms with Crippen molar-refractivity contribution < 1.29 is 9.53 Å². The van der Waals surface area contributed by atoms with E-state index in [-0.39, 0.29) is 6.23 Å². The second kappa shape index (κ2) is 4.00. The highest BCUT2D eigenvalue weighted by molar-refractivity contribution is 5.89. The predicted octanol–water partition coefficient (Wildman–Crippen LogP) is 3.01. The Kier molecular flexibility index (Phi) is 2.48. The van der Waals surface area contributed by atoms with Crippen molar-refractivity contribution in [2.24, 2.45) is 5.92 Å². The number of aromatic nitrogens is 1. The van der Waals surface area contributed by atoms with Gasteiger partial charge in [0.1, 0.15) is 6.23 Å². The lowest BCUT2D eigenvalue weighted by atomic mass is 10.1. The van der Waals surface area contributed by atoms with Gasteiger partial charge in [0.05, 0.1) is 17.8 Å². The van der Waals surface area contributed by atoms with E-state index in [0.29, 0.717) is 11.6 Å². The molecule has 2 heterocycles. The molecule has 0 aliphatic carbocycles. The van der Waals surface area contributed by atoms with Crippen LogP contribution in [0, 0.1) is 5.92 Å². The van der Waals surface area contributed by atoms with E-state index in [4.69, 9.17) is 4.74 Å². The molecule has 3 rings (SSSR count). The van der Waals surface area contributed by atoms with Gasteiger partial charge >= 0.3 is 0 Å². The average molecular weight is 229 g/mol. The molecule has 1 aromatic heterocycles. The molecule has 0 amide bonds. The van der Waals surface area contributed by atoms with Gasteiger partial charge < -0.3 is 9.30 Å². The minimum atomic E-state index is 0.00472. The number of para-hydroxylation sites is 1. The van der Waals surface area contributed by atoms with Crippen LogP contribution in [0.15, 0.2) is 30.3 Å². The third-order valence-electron chi connectivity index (χ3n) is 3.36. The molecule has 2 atom stereocenters. The Balaban J connectivity index is 2.16. The first kappa shape index (κ1) is 10.5. The number of nitrogens with zero attached hydrogens (tertiary/aromatic N) is 1. The molecule has 0 saturated carbocycles. The topological polar surface area (TPSA) is 31.2 Å². The summed E-state index contributed by atoms with van der Waals surface area (Å²) in [5.41, 5.74) is 1.78. The van der Waals surface area contributed by atoms with E-state index in [1.165, 1.54) is 0 Å². The molecule has 2 aromatic rings. The molecule has 88 valence electrons. The monoisotopic (exact) mass is 229 g/mol. The second-order valence-corrected chi connectivity index (χ2v) is 4.74. The molecular formula is C14H15NO2. The van der Waals surface area contributed by atoms with Crippen molar-refractivity contribution in [2.45, 2.75) is 19.6 Å². The zero-order valence-electron chi connectivity index (χ0n) is 9.80. The van der Waals surface area contributed by atoms with E-state index in [1.807, 2.05) is 34.9 Å². The summed E-state index contributed by atoms with van der Waals surface area (Å²) in [6.45, 7) is 2.95. The quantitative estimate of drug-likeness (QED) is 0.741. The van der Waals surface area contributed by atoms with Gasteiger partial charge in [-0.25, -0.2) is 0 Å². The van der Waals surface area contributed by atoms with E-state index < -0.39 is 0 Å². The fourth-order valence-electron chi connectivity index (χ4n) is 2.54. The van der Waals surface area contributed by atoms with Crippen LogP contribution in [0.3, 0.4) is 0 Å². The van der Waals surface area contributed by atoms with Gasteiger partial charge in [-0.1, -0.05) is 25.1 Å². The van der Waals surface area contributed by atoms with Gasteiger partial charge in [0, 0.05) is 5.39 Å². The second-order valence-electron chi connectivity index (χ2n) is 4.74. The molecule has 1 aromatic carbocycles. The first-order valence-electron chi connectivity index (χ1n) is 5.96. The minimum Gasteiger partial charge on any atom is -0.358 e. The third-order valence-corrected chi connectivity index (χ3v) is 3.36. The van der Waals surface area contributed by atoms with Gasteiger partial charge in [-0.05, 0) is 24.5 Å². The van der Waals surface area contributed by atoms with Crippen LogP contribution < -0.4 is 0 Å². The fourth-order valence-corrected chi connectivity index (χ4v) is 2.54. The molecule has 0 spiro atoms. The molecular weight excluding hydrogens is 214 g/mol. The number of hydrogen-bond acceptors (Lipinski definition) is 2. The molecule has 1 fully saturated rings. The lowest BCUT2D eigenvalue weighted by molar-refractivity contribution is 0.0561. The van der Waals surface area contributed by atoms with Gasteiger partial charge in [0.25, 0.3) is 0 Å². The van der Waals surface area contributed by atoms with Crippen molar-refractivity contribution in [2.75, 3.05) is 6.61 Å². The van der Waals surface area contributed by atoms with Crippen LogP contribution in [0.5, 0.6) is 0 Å². The number of ether oxygens (including phenoxy) is 1. The molecule has 3 nitrogen and oxygen atoms in total. The largest absolute Gasteiger partial charge is 0.358 e. The molecule has 3 heteroatoms. The van der Waals surface area contributed by atoms with Crippen LogP contribution in [0.4, 0.5) is 0 Å². The van der Waals surface area contributed by atoms with Gasteiger partial charge in [-0.3, -0.25) is 4.79 Å². The van der Waals surface area contributed by atoms with Crippen molar-refractivity contribution in [3.8, 4) is 0 Å². The summed E-state index contributed by atoms with van der Waals surface area (Å²) in [5, 5.41) is 1.10. The van der Waals surface area contributed by atoms with Gasteiger partial charge in [0.2, 0.25) is 0 Å². The number of carbonyl (C=O) groups is 1. The Morgan fingerprint density at radius 3 is 2.94 bits per heavy atom. The highest BCUT2D eigenvalue weighted by atomic mass is 16.5.